The van der Waals surface area contributed by atoms with Crippen LogP contribution in [0.5, 0.6) is 5.75 Å². The van der Waals surface area contributed by atoms with E-state index in [1.807, 2.05) is 25.1 Å². The monoisotopic (exact) mass is 358 g/mol. The van der Waals surface area contributed by atoms with Gasteiger partial charge in [-0.3, -0.25) is 4.79 Å². The summed E-state index contributed by atoms with van der Waals surface area (Å²) in [6, 6.07) is 5.30. The maximum atomic E-state index is 11.9. The van der Waals surface area contributed by atoms with E-state index < -0.39 is 6.04 Å². The predicted octanol–water partition coefficient (Wildman–Crippen LogP) is 1.42. The molecule has 7 heteroatoms. The van der Waals surface area contributed by atoms with Crippen LogP contribution in [0.1, 0.15) is 17.5 Å². The topological polar surface area (TPSA) is 82.8 Å². The summed E-state index contributed by atoms with van der Waals surface area (Å²) in [5.41, 5.74) is 7.77. The Hall–Kier alpha value is -1.34. The number of methoxy groups -OCH3 is 1. The van der Waals surface area contributed by atoms with Gasteiger partial charge in [-0.25, -0.2) is 0 Å². The smallest absolute Gasteiger partial charge is 0.239 e. The van der Waals surface area contributed by atoms with Gasteiger partial charge in [-0.15, -0.1) is 12.4 Å². The molecule has 3 N–H and O–H groups in total. The van der Waals surface area contributed by atoms with Crippen LogP contribution in [0.3, 0.4) is 0 Å². The minimum absolute atomic E-state index is 0. The Morgan fingerprint density at radius 1 is 1.50 bits per heavy atom. The minimum Gasteiger partial charge on any atom is -0.493 e. The summed E-state index contributed by atoms with van der Waals surface area (Å²) in [6.07, 6.45) is 1.03. The van der Waals surface area contributed by atoms with Crippen LogP contribution in [0.4, 0.5) is 0 Å². The fourth-order valence-corrected chi connectivity index (χ4v) is 2.43. The van der Waals surface area contributed by atoms with Crippen molar-refractivity contribution in [3.05, 3.63) is 29.3 Å². The predicted molar refractivity (Wildman–Crippen MR) is 94.5 cm³/mol. The number of carbonyl (C=O) groups is 1. The van der Waals surface area contributed by atoms with Gasteiger partial charge < -0.3 is 25.3 Å². The lowest BCUT2D eigenvalue weighted by atomic mass is 10.1. The fourth-order valence-electron chi connectivity index (χ4n) is 2.43. The lowest BCUT2D eigenvalue weighted by Gasteiger charge is -2.16. The van der Waals surface area contributed by atoms with Crippen molar-refractivity contribution in [1.82, 2.24) is 5.32 Å². The summed E-state index contributed by atoms with van der Waals surface area (Å²) < 4.78 is 16.2. The van der Waals surface area contributed by atoms with E-state index in [4.69, 9.17) is 19.9 Å². The van der Waals surface area contributed by atoms with E-state index in [1.165, 1.54) is 7.11 Å². The molecule has 0 bridgehead atoms. The zero-order chi connectivity index (χ0) is 16.7. The molecule has 2 unspecified atom stereocenters. The van der Waals surface area contributed by atoms with Crippen LogP contribution in [-0.2, 0) is 20.8 Å². The van der Waals surface area contributed by atoms with E-state index in [-0.39, 0.29) is 24.9 Å². The van der Waals surface area contributed by atoms with E-state index in [9.17, 15) is 4.79 Å². The van der Waals surface area contributed by atoms with Gasteiger partial charge in [0.1, 0.15) is 11.8 Å². The number of nitrogens with one attached hydrogen (secondary N) is 1. The van der Waals surface area contributed by atoms with Crippen molar-refractivity contribution in [1.29, 1.82) is 0 Å². The van der Waals surface area contributed by atoms with Crippen LogP contribution in [0.15, 0.2) is 18.2 Å². The second kappa shape index (κ2) is 10.5. The summed E-state index contributed by atoms with van der Waals surface area (Å²) in [4.78, 5) is 11.9. The highest BCUT2D eigenvalue weighted by molar-refractivity contribution is 5.85. The molecular weight excluding hydrogens is 332 g/mol. The third-order valence-corrected chi connectivity index (χ3v) is 3.86. The van der Waals surface area contributed by atoms with Crippen molar-refractivity contribution >= 4 is 18.3 Å². The quantitative estimate of drug-likeness (QED) is 0.734. The first-order chi connectivity index (χ1) is 11.1. The number of aryl methyl sites for hydroxylation is 1. The van der Waals surface area contributed by atoms with E-state index in [0.29, 0.717) is 19.1 Å². The number of nitrogens with two attached hydrogens (primary N) is 1. The highest BCUT2D eigenvalue weighted by atomic mass is 35.5. The molecule has 0 spiro atoms. The molecule has 1 aromatic rings. The normalized spacial score (nSPS) is 17.9. The van der Waals surface area contributed by atoms with Crippen LogP contribution in [0.25, 0.3) is 0 Å². The highest BCUT2D eigenvalue weighted by Crippen LogP contribution is 2.22. The second-order valence-electron chi connectivity index (χ2n) is 5.93. The van der Waals surface area contributed by atoms with Crippen LogP contribution < -0.4 is 15.8 Å². The van der Waals surface area contributed by atoms with Gasteiger partial charge >= 0.3 is 0 Å². The number of hydrogen-bond acceptors (Lipinski definition) is 5. The average Bonchev–Trinajstić information content (AvgIpc) is 3.05. The summed E-state index contributed by atoms with van der Waals surface area (Å²) in [5, 5.41) is 2.82. The lowest BCUT2D eigenvalue weighted by molar-refractivity contribution is -0.123. The average molecular weight is 359 g/mol. The first-order valence-corrected chi connectivity index (χ1v) is 7.92. The maximum Gasteiger partial charge on any atom is 0.239 e. The van der Waals surface area contributed by atoms with Crippen molar-refractivity contribution in [3.8, 4) is 5.75 Å². The summed E-state index contributed by atoms with van der Waals surface area (Å²) in [5.74, 6) is 1.01. The van der Waals surface area contributed by atoms with Gasteiger partial charge in [0.15, 0.2) is 0 Å². The second-order valence-corrected chi connectivity index (χ2v) is 5.93. The first-order valence-electron chi connectivity index (χ1n) is 7.92. The third kappa shape index (κ3) is 6.28. The molecule has 0 aromatic heterocycles. The summed E-state index contributed by atoms with van der Waals surface area (Å²) in [6.45, 7) is 4.79. The molecule has 1 saturated heterocycles. The Kier molecular flexibility index (Phi) is 9.07. The van der Waals surface area contributed by atoms with Gasteiger partial charge in [0.05, 0.1) is 19.8 Å². The molecule has 1 aliphatic rings. The molecule has 0 saturated carbocycles. The molecule has 1 amide bonds. The molecule has 1 heterocycles. The summed E-state index contributed by atoms with van der Waals surface area (Å²) >= 11 is 0. The summed E-state index contributed by atoms with van der Waals surface area (Å²) in [7, 11) is 1.52. The Bertz CT molecular complexity index is 521. The van der Waals surface area contributed by atoms with E-state index in [2.05, 4.69) is 5.32 Å². The molecule has 1 aliphatic heterocycles. The first kappa shape index (κ1) is 20.7. The van der Waals surface area contributed by atoms with Crippen LogP contribution in [0.2, 0.25) is 0 Å². The third-order valence-electron chi connectivity index (χ3n) is 3.86. The molecule has 136 valence electrons. The number of halogens is 1. The zero-order valence-corrected chi connectivity index (χ0v) is 15.1. The Morgan fingerprint density at radius 3 is 2.96 bits per heavy atom. The van der Waals surface area contributed by atoms with Gasteiger partial charge in [0.2, 0.25) is 5.91 Å². The molecule has 1 fully saturated rings. The van der Waals surface area contributed by atoms with Gasteiger partial charge in [-0.05, 0) is 25.0 Å². The van der Waals surface area contributed by atoms with Crippen LogP contribution in [0, 0.1) is 12.8 Å². The number of benzene rings is 1. The Morgan fingerprint density at radius 2 is 2.29 bits per heavy atom. The van der Waals surface area contributed by atoms with Crippen molar-refractivity contribution in [2.24, 2.45) is 11.7 Å². The molecule has 2 atom stereocenters. The van der Waals surface area contributed by atoms with Gasteiger partial charge in [-0.1, -0.05) is 12.1 Å². The molecule has 1 aromatic carbocycles. The van der Waals surface area contributed by atoms with Crippen molar-refractivity contribution < 1.29 is 19.0 Å². The fraction of sp³-hybridized carbons (Fsp3) is 0.588. The van der Waals surface area contributed by atoms with Crippen molar-refractivity contribution in [2.75, 3.05) is 33.5 Å². The number of amides is 1. The Labute approximate surface area is 149 Å². The minimum atomic E-state index is -0.662. The highest BCUT2D eigenvalue weighted by Gasteiger charge is 2.18. The molecule has 24 heavy (non-hydrogen) atoms. The van der Waals surface area contributed by atoms with E-state index >= 15 is 0 Å². The number of ether oxygens (including phenoxy) is 3. The largest absolute Gasteiger partial charge is 0.493 e. The van der Waals surface area contributed by atoms with E-state index in [1.54, 1.807) is 0 Å². The molecule has 0 aliphatic carbocycles. The van der Waals surface area contributed by atoms with Gasteiger partial charge in [0.25, 0.3) is 0 Å². The maximum absolute atomic E-state index is 11.9. The number of rotatable bonds is 8. The molecular formula is C17H27ClN2O4. The van der Waals surface area contributed by atoms with Crippen LogP contribution in [-0.4, -0.2) is 45.5 Å². The zero-order valence-electron chi connectivity index (χ0n) is 14.2. The SMILES string of the molecule is COCC(N)C(=O)NCc1ccc(C)cc1OCC1CCOC1.Cl. The Balaban J connectivity index is 0.00000288. The molecule has 6 nitrogen and oxygen atoms in total. The van der Waals surface area contributed by atoms with Crippen molar-refractivity contribution in [2.45, 2.75) is 25.9 Å². The molecule has 2 rings (SSSR count). The van der Waals surface area contributed by atoms with E-state index in [0.717, 1.165) is 36.5 Å². The van der Waals surface area contributed by atoms with Gasteiger partial charge in [-0.2, -0.15) is 0 Å². The number of hydrogen-bond donors (Lipinski definition) is 2. The number of carbonyl (C=O) groups excluding carboxylic acids is 1. The van der Waals surface area contributed by atoms with Gasteiger partial charge in [0, 0.05) is 31.7 Å². The molecule has 0 radical (unpaired) electrons. The van der Waals surface area contributed by atoms with Crippen LogP contribution >= 0.6 is 12.4 Å². The van der Waals surface area contributed by atoms with Crippen molar-refractivity contribution in [3.63, 3.8) is 0 Å². The standard InChI is InChI=1S/C17H26N2O4.ClH/c1-12-3-4-14(8-19-17(20)15(18)11-21-2)16(7-12)23-10-13-5-6-22-9-13;/h3-4,7,13,15H,5-6,8-11,18H2,1-2H3,(H,19,20);1H. The lowest BCUT2D eigenvalue weighted by Crippen LogP contribution is -2.43.